The van der Waals surface area contributed by atoms with Crippen molar-refractivity contribution in [3.8, 4) is 0 Å². The van der Waals surface area contributed by atoms with E-state index in [1.165, 1.54) is 11.3 Å². The maximum absolute atomic E-state index is 12.6. The quantitative estimate of drug-likeness (QED) is 0.775. The van der Waals surface area contributed by atoms with E-state index in [1.54, 1.807) is 0 Å². The molecule has 1 heterocycles. The fourth-order valence-electron chi connectivity index (χ4n) is 2.27. The second-order valence-corrected chi connectivity index (χ2v) is 8.09. The monoisotopic (exact) mass is 318 g/mol. The minimum absolute atomic E-state index is 0.0447. The molecule has 1 aromatic rings. The summed E-state index contributed by atoms with van der Waals surface area (Å²) in [4.78, 5) is 1.32. The summed E-state index contributed by atoms with van der Waals surface area (Å²) in [5.41, 5.74) is 0.823. The maximum atomic E-state index is 12.6. The van der Waals surface area contributed by atoms with Crippen molar-refractivity contribution in [2.75, 3.05) is 7.05 Å². The van der Waals surface area contributed by atoms with Gasteiger partial charge in [-0.25, -0.2) is 13.1 Å². The number of hydrogen-bond acceptors (Lipinski definition) is 4. The van der Waals surface area contributed by atoms with Crippen molar-refractivity contribution >= 4 is 21.4 Å². The predicted octanol–water partition coefficient (Wildman–Crippen LogP) is 2.88. The second kappa shape index (κ2) is 7.54. The molecule has 6 heteroatoms. The van der Waals surface area contributed by atoms with Crippen LogP contribution in [0.3, 0.4) is 0 Å². The molecule has 2 unspecified atom stereocenters. The van der Waals surface area contributed by atoms with E-state index in [-0.39, 0.29) is 6.04 Å². The zero-order valence-corrected chi connectivity index (χ0v) is 14.6. The van der Waals surface area contributed by atoms with Crippen LogP contribution in [0.15, 0.2) is 10.3 Å². The molecule has 1 rings (SSSR count). The van der Waals surface area contributed by atoms with Gasteiger partial charge in [-0.3, -0.25) is 0 Å². The van der Waals surface area contributed by atoms with Gasteiger partial charge in [-0.1, -0.05) is 20.3 Å². The van der Waals surface area contributed by atoms with Crippen LogP contribution in [0.5, 0.6) is 0 Å². The number of thiophene rings is 1. The van der Waals surface area contributed by atoms with Gasteiger partial charge in [-0.15, -0.1) is 11.3 Å². The lowest BCUT2D eigenvalue weighted by atomic mass is 10.0. The number of rotatable bonds is 8. The Bertz CT molecular complexity index is 523. The van der Waals surface area contributed by atoms with Crippen LogP contribution in [0.25, 0.3) is 0 Å². The van der Waals surface area contributed by atoms with Crippen molar-refractivity contribution in [1.82, 2.24) is 10.0 Å². The SMILES string of the molecule is CCC(C)CC(C)NS(=O)(=O)c1c(C)csc1CNC. The molecular weight excluding hydrogens is 292 g/mol. The second-order valence-electron chi connectivity index (χ2n) is 5.47. The lowest BCUT2D eigenvalue weighted by Gasteiger charge is -2.18. The zero-order valence-electron chi connectivity index (χ0n) is 13.0. The van der Waals surface area contributed by atoms with Gasteiger partial charge in [0.05, 0.1) is 0 Å². The Morgan fingerprint density at radius 3 is 2.55 bits per heavy atom. The molecule has 0 spiro atoms. The highest BCUT2D eigenvalue weighted by Crippen LogP contribution is 2.27. The first-order valence-electron chi connectivity index (χ1n) is 7.05. The summed E-state index contributed by atoms with van der Waals surface area (Å²) in [6.45, 7) is 8.63. The molecule has 0 aliphatic carbocycles. The van der Waals surface area contributed by atoms with E-state index in [0.29, 0.717) is 17.4 Å². The fraction of sp³-hybridized carbons (Fsp3) is 0.714. The summed E-state index contributed by atoms with van der Waals surface area (Å²) in [7, 11) is -1.61. The summed E-state index contributed by atoms with van der Waals surface area (Å²) in [6, 6.07) is -0.0447. The van der Waals surface area contributed by atoms with Crippen LogP contribution >= 0.6 is 11.3 Å². The average molecular weight is 319 g/mol. The maximum Gasteiger partial charge on any atom is 0.242 e. The summed E-state index contributed by atoms with van der Waals surface area (Å²) >= 11 is 1.49. The van der Waals surface area contributed by atoms with Crippen LogP contribution in [-0.2, 0) is 16.6 Å². The highest BCUT2D eigenvalue weighted by Gasteiger charge is 2.24. The van der Waals surface area contributed by atoms with Crippen LogP contribution in [0, 0.1) is 12.8 Å². The first kappa shape index (κ1) is 17.6. The van der Waals surface area contributed by atoms with Crippen molar-refractivity contribution in [1.29, 1.82) is 0 Å². The van der Waals surface area contributed by atoms with Gasteiger partial charge in [-0.05, 0) is 44.2 Å². The largest absolute Gasteiger partial charge is 0.315 e. The standard InChI is InChI=1S/C14H26N2O2S2/c1-6-10(2)7-12(4)16-20(17,18)14-11(3)9-19-13(14)8-15-5/h9-10,12,15-16H,6-8H2,1-5H3. The zero-order chi connectivity index (χ0) is 15.3. The first-order valence-corrected chi connectivity index (χ1v) is 9.42. The molecule has 20 heavy (non-hydrogen) atoms. The van der Waals surface area contributed by atoms with E-state index in [0.717, 1.165) is 23.3 Å². The van der Waals surface area contributed by atoms with Crippen LogP contribution in [0.1, 0.15) is 44.1 Å². The first-order chi connectivity index (χ1) is 9.31. The van der Waals surface area contributed by atoms with Gasteiger partial charge in [0.25, 0.3) is 0 Å². The van der Waals surface area contributed by atoms with Crippen molar-refractivity contribution < 1.29 is 8.42 Å². The molecule has 1 aromatic heterocycles. The molecule has 0 aliphatic heterocycles. The Hall–Kier alpha value is -0.430. The molecular formula is C14H26N2O2S2. The highest BCUT2D eigenvalue weighted by atomic mass is 32.2. The number of aryl methyl sites for hydroxylation is 1. The molecule has 0 aromatic carbocycles. The predicted molar refractivity (Wildman–Crippen MR) is 85.7 cm³/mol. The number of sulfonamides is 1. The highest BCUT2D eigenvalue weighted by molar-refractivity contribution is 7.89. The van der Waals surface area contributed by atoms with Crippen molar-refractivity contribution in [2.45, 2.75) is 58.0 Å². The molecule has 0 radical (unpaired) electrons. The van der Waals surface area contributed by atoms with E-state index in [4.69, 9.17) is 0 Å². The molecule has 2 N–H and O–H groups in total. The topological polar surface area (TPSA) is 58.2 Å². The summed E-state index contributed by atoms with van der Waals surface area (Å²) in [5.74, 6) is 0.521. The third kappa shape index (κ3) is 4.55. The Labute approximate surface area is 127 Å². The molecule has 4 nitrogen and oxygen atoms in total. The molecule has 0 saturated heterocycles. The van der Waals surface area contributed by atoms with E-state index in [9.17, 15) is 8.42 Å². The number of nitrogens with one attached hydrogen (secondary N) is 2. The van der Waals surface area contributed by atoms with Gasteiger partial charge in [0, 0.05) is 17.5 Å². The van der Waals surface area contributed by atoms with Gasteiger partial charge >= 0.3 is 0 Å². The van der Waals surface area contributed by atoms with Crippen molar-refractivity contribution in [3.63, 3.8) is 0 Å². The third-order valence-electron chi connectivity index (χ3n) is 3.40. The molecule has 0 bridgehead atoms. The molecule has 2 atom stereocenters. The smallest absolute Gasteiger partial charge is 0.242 e. The Balaban J connectivity index is 2.91. The lowest BCUT2D eigenvalue weighted by Crippen LogP contribution is -2.34. The normalized spacial score (nSPS) is 15.2. The summed E-state index contributed by atoms with van der Waals surface area (Å²) in [6.07, 6.45) is 1.93. The minimum atomic E-state index is -3.43. The van der Waals surface area contributed by atoms with E-state index in [1.807, 2.05) is 26.3 Å². The number of hydrogen-bond donors (Lipinski definition) is 2. The van der Waals surface area contributed by atoms with E-state index in [2.05, 4.69) is 23.9 Å². The summed E-state index contributed by atoms with van der Waals surface area (Å²) in [5, 5.41) is 4.93. The van der Waals surface area contributed by atoms with Crippen LogP contribution in [-0.4, -0.2) is 21.5 Å². The molecule has 0 aliphatic rings. The third-order valence-corrected chi connectivity index (χ3v) is 6.46. The van der Waals surface area contributed by atoms with Crippen LogP contribution in [0.4, 0.5) is 0 Å². The van der Waals surface area contributed by atoms with Crippen molar-refractivity contribution in [3.05, 3.63) is 15.8 Å². The van der Waals surface area contributed by atoms with Crippen LogP contribution in [0.2, 0.25) is 0 Å². The van der Waals surface area contributed by atoms with E-state index < -0.39 is 10.0 Å². The molecule has 0 saturated carbocycles. The molecule has 0 amide bonds. The van der Waals surface area contributed by atoms with Crippen molar-refractivity contribution in [2.24, 2.45) is 5.92 Å². The summed E-state index contributed by atoms with van der Waals surface area (Å²) < 4.78 is 27.9. The minimum Gasteiger partial charge on any atom is -0.315 e. The molecule has 0 fully saturated rings. The van der Waals surface area contributed by atoms with Gasteiger partial charge in [0.2, 0.25) is 10.0 Å². The van der Waals surface area contributed by atoms with E-state index >= 15 is 0 Å². The Kier molecular flexibility index (Phi) is 6.64. The Morgan fingerprint density at radius 1 is 1.35 bits per heavy atom. The van der Waals surface area contributed by atoms with Gasteiger partial charge in [-0.2, -0.15) is 0 Å². The fourth-order valence-corrected chi connectivity index (χ4v) is 5.35. The Morgan fingerprint density at radius 2 is 2.00 bits per heavy atom. The van der Waals surface area contributed by atoms with Gasteiger partial charge < -0.3 is 5.32 Å². The average Bonchev–Trinajstić information content (AvgIpc) is 2.70. The van der Waals surface area contributed by atoms with Gasteiger partial charge in [0.15, 0.2) is 0 Å². The molecule has 116 valence electrons. The van der Waals surface area contributed by atoms with Crippen LogP contribution < -0.4 is 10.0 Å². The lowest BCUT2D eigenvalue weighted by molar-refractivity contribution is 0.445. The van der Waals surface area contributed by atoms with Gasteiger partial charge in [0.1, 0.15) is 4.90 Å².